The maximum absolute atomic E-state index is 10.0. The number of aromatic nitrogens is 1. The number of fused-ring (bicyclic) bond motifs is 5. The second-order valence-electron chi connectivity index (χ2n) is 10.2. The van der Waals surface area contributed by atoms with Gasteiger partial charge >= 0.3 is 0 Å². The summed E-state index contributed by atoms with van der Waals surface area (Å²) in [4.78, 5) is 14.8. The van der Waals surface area contributed by atoms with Gasteiger partial charge in [-0.15, -0.1) is 46.7 Å². The normalized spacial score (nSPS) is 13.2. The summed E-state index contributed by atoms with van der Waals surface area (Å²) in [5.41, 5.74) is 6.57. The molecule has 0 bridgehead atoms. The van der Waals surface area contributed by atoms with Crippen molar-refractivity contribution in [2.75, 3.05) is 0 Å². The van der Waals surface area contributed by atoms with Gasteiger partial charge in [-0.05, 0) is 97.3 Å². The minimum absolute atomic E-state index is 0. The van der Waals surface area contributed by atoms with Crippen LogP contribution in [0.4, 0.5) is 0 Å². The SMILES string of the molecule is CC(=O)/C=C(/C)O.CC(C)c1cc[c-]c(-c2nccc3cc4sc5cc6c(cc5c4cc23)CCCC6)c1.[Ir]. The van der Waals surface area contributed by atoms with Crippen molar-refractivity contribution < 1.29 is 30.0 Å². The summed E-state index contributed by atoms with van der Waals surface area (Å²) in [7, 11) is 0. The Morgan fingerprint density at radius 1 is 0.974 bits per heavy atom. The Hall–Kier alpha value is -2.85. The van der Waals surface area contributed by atoms with E-state index in [0.717, 1.165) is 11.3 Å². The molecule has 0 fully saturated rings. The third-order valence-corrected chi connectivity index (χ3v) is 8.09. The van der Waals surface area contributed by atoms with Gasteiger partial charge in [-0.25, -0.2) is 0 Å². The van der Waals surface area contributed by atoms with Crippen molar-refractivity contribution in [3.8, 4) is 11.3 Å². The van der Waals surface area contributed by atoms with Gasteiger partial charge in [0, 0.05) is 52.6 Å². The number of carbonyl (C=O) groups excluding carboxylic acids is 1. The summed E-state index contributed by atoms with van der Waals surface area (Å²) >= 11 is 1.93. The molecular weight excluding hydrogens is 667 g/mol. The molecule has 0 amide bonds. The number of aliphatic hydroxyl groups is 1. The fraction of sp³-hybridized carbons (Fsp3) is 0.273. The molecule has 38 heavy (non-hydrogen) atoms. The summed E-state index contributed by atoms with van der Waals surface area (Å²) in [6.45, 7) is 7.32. The van der Waals surface area contributed by atoms with E-state index in [4.69, 9.17) is 10.1 Å². The Balaban J connectivity index is 0.000000375. The summed E-state index contributed by atoms with van der Waals surface area (Å²) in [5, 5.41) is 13.6. The molecule has 1 radical (unpaired) electrons. The van der Waals surface area contributed by atoms with Gasteiger partial charge in [-0.3, -0.25) is 4.79 Å². The van der Waals surface area contributed by atoms with Crippen LogP contribution in [0.1, 0.15) is 63.1 Å². The van der Waals surface area contributed by atoms with E-state index in [-0.39, 0.29) is 31.6 Å². The predicted octanol–water partition coefficient (Wildman–Crippen LogP) is 9.11. The van der Waals surface area contributed by atoms with Crippen LogP contribution in [0.25, 0.3) is 42.2 Å². The summed E-state index contributed by atoms with van der Waals surface area (Å²) in [6.07, 6.45) is 8.21. The Morgan fingerprint density at radius 2 is 1.66 bits per heavy atom. The summed E-state index contributed by atoms with van der Waals surface area (Å²) < 4.78 is 2.79. The van der Waals surface area contributed by atoms with Gasteiger partial charge in [0.25, 0.3) is 0 Å². The molecule has 0 saturated carbocycles. The number of rotatable bonds is 3. The van der Waals surface area contributed by atoms with Crippen molar-refractivity contribution >= 4 is 48.1 Å². The van der Waals surface area contributed by atoms with Gasteiger partial charge in [-0.1, -0.05) is 19.9 Å². The number of thiophene rings is 1. The van der Waals surface area contributed by atoms with Crippen LogP contribution in [0.15, 0.2) is 66.6 Å². The van der Waals surface area contributed by atoms with Gasteiger partial charge in [0.15, 0.2) is 5.78 Å². The van der Waals surface area contributed by atoms with Crippen LogP contribution in [-0.4, -0.2) is 15.9 Å². The molecule has 197 valence electrons. The van der Waals surface area contributed by atoms with Crippen LogP contribution >= 0.6 is 11.3 Å². The van der Waals surface area contributed by atoms with Gasteiger partial charge < -0.3 is 10.1 Å². The topological polar surface area (TPSA) is 50.2 Å². The molecule has 1 aliphatic carbocycles. The number of benzene rings is 3. The Kier molecular flexibility index (Phi) is 8.82. The second-order valence-corrected chi connectivity index (χ2v) is 11.3. The van der Waals surface area contributed by atoms with Crippen molar-refractivity contribution in [2.24, 2.45) is 0 Å². The van der Waals surface area contributed by atoms with Gasteiger partial charge in [-0.2, -0.15) is 0 Å². The van der Waals surface area contributed by atoms with E-state index in [1.807, 2.05) is 23.6 Å². The minimum atomic E-state index is -0.125. The maximum Gasteiger partial charge on any atom is 0.155 e. The number of aliphatic hydroxyl groups excluding tert-OH is 1. The zero-order valence-electron chi connectivity index (χ0n) is 22.2. The van der Waals surface area contributed by atoms with Gasteiger partial charge in [0.1, 0.15) is 0 Å². The van der Waals surface area contributed by atoms with E-state index in [1.54, 1.807) is 11.1 Å². The molecule has 0 atom stereocenters. The number of carbonyl (C=O) groups is 1. The maximum atomic E-state index is 10.0. The van der Waals surface area contributed by atoms with E-state index in [2.05, 4.69) is 62.4 Å². The number of hydrogen-bond acceptors (Lipinski definition) is 4. The quantitative estimate of drug-likeness (QED) is 0.116. The van der Waals surface area contributed by atoms with E-state index >= 15 is 0 Å². The number of pyridine rings is 1. The largest absolute Gasteiger partial charge is 0.512 e. The first-order valence-corrected chi connectivity index (χ1v) is 13.8. The fourth-order valence-corrected chi connectivity index (χ4v) is 6.34. The van der Waals surface area contributed by atoms with E-state index in [0.29, 0.717) is 5.92 Å². The average Bonchev–Trinajstić information content (AvgIpc) is 3.21. The van der Waals surface area contributed by atoms with Crippen LogP contribution in [0.5, 0.6) is 0 Å². The molecule has 0 saturated heterocycles. The molecule has 0 aliphatic heterocycles. The van der Waals surface area contributed by atoms with Crippen LogP contribution < -0.4 is 0 Å². The number of nitrogens with zero attached hydrogens (tertiary/aromatic N) is 1. The second kappa shape index (κ2) is 11.9. The minimum Gasteiger partial charge on any atom is -0.512 e. The molecule has 1 aliphatic rings. The molecule has 3 nitrogen and oxygen atoms in total. The molecular formula is C33H32IrNO2S-. The van der Waals surface area contributed by atoms with Crippen molar-refractivity contribution in [1.29, 1.82) is 0 Å². The summed E-state index contributed by atoms with van der Waals surface area (Å²) in [6, 6.07) is 21.7. The molecule has 5 aromatic rings. The van der Waals surface area contributed by atoms with Crippen LogP contribution in [0, 0.1) is 6.07 Å². The third-order valence-electron chi connectivity index (χ3n) is 6.98. The first-order chi connectivity index (χ1) is 17.8. The molecule has 6 rings (SSSR count). The van der Waals surface area contributed by atoms with Crippen molar-refractivity contribution in [2.45, 2.75) is 59.3 Å². The number of aryl methyl sites for hydroxylation is 2. The fourth-order valence-electron chi connectivity index (χ4n) is 5.16. The monoisotopic (exact) mass is 699 g/mol. The molecule has 2 aromatic heterocycles. The van der Waals surface area contributed by atoms with Crippen molar-refractivity contribution in [3.63, 3.8) is 0 Å². The standard InChI is InChI=1S/C28H24NS.C5H8O2.Ir/c1-17(2)18-8-5-9-22(12-18)28-23-16-25-24-13-19-6-3-4-7-20(19)14-26(24)30-27(25)15-21(23)10-11-29-28;1-4(6)3-5(2)7;/h5,8,10-17H,3-4,6-7H2,1-2H3;3,6H,1-2H3;/q-1;;/b;4-3-;. The molecule has 2 heterocycles. The van der Waals surface area contributed by atoms with Crippen molar-refractivity contribution in [3.05, 3.63) is 89.3 Å². The molecule has 3 aromatic carbocycles. The van der Waals surface area contributed by atoms with Crippen LogP contribution in [0.3, 0.4) is 0 Å². The van der Waals surface area contributed by atoms with Gasteiger partial charge in [0.2, 0.25) is 0 Å². The zero-order valence-corrected chi connectivity index (χ0v) is 25.4. The summed E-state index contributed by atoms with van der Waals surface area (Å²) in [5.74, 6) is 0.430. The smallest absolute Gasteiger partial charge is 0.155 e. The first kappa shape index (κ1) is 28.2. The number of hydrogen-bond donors (Lipinski definition) is 1. The molecule has 1 N–H and O–H groups in total. The molecule has 0 spiro atoms. The Labute approximate surface area is 242 Å². The van der Waals surface area contributed by atoms with Crippen LogP contribution in [-0.2, 0) is 37.7 Å². The molecule has 5 heteroatoms. The molecule has 0 unspecified atom stereocenters. The van der Waals surface area contributed by atoms with E-state index in [1.165, 1.54) is 82.1 Å². The number of allylic oxidation sites excluding steroid dienone is 2. The predicted molar refractivity (Wildman–Crippen MR) is 157 cm³/mol. The van der Waals surface area contributed by atoms with Crippen molar-refractivity contribution in [1.82, 2.24) is 4.98 Å². The third kappa shape index (κ3) is 5.91. The Morgan fingerprint density at radius 3 is 2.32 bits per heavy atom. The number of ketones is 1. The van der Waals surface area contributed by atoms with Crippen LogP contribution in [0.2, 0.25) is 0 Å². The Bertz CT molecular complexity index is 1660. The van der Waals surface area contributed by atoms with E-state index in [9.17, 15) is 4.79 Å². The first-order valence-electron chi connectivity index (χ1n) is 13.0. The van der Waals surface area contributed by atoms with Gasteiger partial charge in [0.05, 0.1) is 5.76 Å². The average molecular weight is 699 g/mol. The zero-order chi connectivity index (χ0) is 26.1. The van der Waals surface area contributed by atoms with E-state index < -0.39 is 0 Å².